The highest BCUT2D eigenvalue weighted by molar-refractivity contribution is 5.34. The summed E-state index contributed by atoms with van der Waals surface area (Å²) in [5, 5.41) is 0. The lowest BCUT2D eigenvalue weighted by Gasteiger charge is -2.06. The molecule has 0 heterocycles. The van der Waals surface area contributed by atoms with Crippen LogP contribution < -0.4 is 0 Å². The highest BCUT2D eigenvalue weighted by atomic mass is 14.1. The van der Waals surface area contributed by atoms with Gasteiger partial charge in [0.1, 0.15) is 0 Å². The molecule has 0 bridgehead atoms. The van der Waals surface area contributed by atoms with Crippen molar-refractivity contribution >= 4 is 0 Å². The molecule has 0 aliphatic rings. The van der Waals surface area contributed by atoms with Gasteiger partial charge in [0.15, 0.2) is 0 Å². The van der Waals surface area contributed by atoms with Crippen molar-refractivity contribution in [2.24, 2.45) is 5.92 Å². The van der Waals surface area contributed by atoms with Crippen LogP contribution in [-0.2, 0) is 0 Å². The maximum absolute atomic E-state index is 3.76. The fraction of sp³-hybridized carbons (Fsp3) is 0.375. The van der Waals surface area contributed by atoms with Gasteiger partial charge in [-0.05, 0) is 31.4 Å². The molecule has 0 saturated heterocycles. The molecular formula is C16H20. The summed E-state index contributed by atoms with van der Waals surface area (Å²) in [6, 6.07) is 10.2. The van der Waals surface area contributed by atoms with E-state index in [0.717, 1.165) is 18.4 Å². The molecule has 1 rings (SSSR count). The Kier molecular flexibility index (Phi) is 6.11. The monoisotopic (exact) mass is 212 g/mol. The van der Waals surface area contributed by atoms with Crippen molar-refractivity contribution in [3.05, 3.63) is 48.6 Å². The molecule has 0 aromatic heterocycles. The summed E-state index contributed by atoms with van der Waals surface area (Å²) in [5.41, 5.74) is 1.11. The SMILES string of the molecule is C=CCCC(C#Cc1ccccc1)CCC. The molecule has 16 heavy (non-hydrogen) atoms. The lowest BCUT2D eigenvalue weighted by molar-refractivity contribution is 0.559. The zero-order chi connectivity index (χ0) is 11.6. The number of rotatable bonds is 5. The van der Waals surface area contributed by atoms with Crippen LogP contribution in [0.5, 0.6) is 0 Å². The van der Waals surface area contributed by atoms with Crippen LogP contribution in [0.4, 0.5) is 0 Å². The highest BCUT2D eigenvalue weighted by Gasteiger charge is 2.01. The predicted octanol–water partition coefficient (Wildman–Crippen LogP) is 4.42. The molecule has 1 unspecified atom stereocenters. The van der Waals surface area contributed by atoms with Crippen molar-refractivity contribution in [3.8, 4) is 11.8 Å². The minimum Gasteiger partial charge on any atom is -0.103 e. The number of hydrogen-bond acceptors (Lipinski definition) is 0. The molecule has 84 valence electrons. The molecule has 0 fully saturated rings. The van der Waals surface area contributed by atoms with E-state index < -0.39 is 0 Å². The van der Waals surface area contributed by atoms with Gasteiger partial charge in [0.25, 0.3) is 0 Å². The first-order chi connectivity index (χ1) is 7.86. The molecule has 0 amide bonds. The topological polar surface area (TPSA) is 0 Å². The van der Waals surface area contributed by atoms with Gasteiger partial charge in [-0.1, -0.05) is 49.5 Å². The Balaban J connectivity index is 2.60. The van der Waals surface area contributed by atoms with Crippen molar-refractivity contribution < 1.29 is 0 Å². The third kappa shape index (κ3) is 4.84. The van der Waals surface area contributed by atoms with Gasteiger partial charge in [0.2, 0.25) is 0 Å². The smallest absolute Gasteiger partial charge is 0.0245 e. The van der Waals surface area contributed by atoms with Crippen molar-refractivity contribution in [1.29, 1.82) is 0 Å². The second-order valence-electron chi connectivity index (χ2n) is 3.99. The summed E-state index contributed by atoms with van der Waals surface area (Å²) in [6.07, 6.45) is 6.57. The summed E-state index contributed by atoms with van der Waals surface area (Å²) >= 11 is 0. The van der Waals surface area contributed by atoms with E-state index in [2.05, 4.69) is 37.5 Å². The Morgan fingerprint density at radius 2 is 2.00 bits per heavy atom. The standard InChI is InChI=1S/C16H20/c1-3-5-10-15(9-4-2)13-14-16-11-7-6-8-12-16/h3,6-8,11-12,15H,1,4-5,9-10H2,2H3. The number of benzene rings is 1. The molecule has 0 radical (unpaired) electrons. The van der Waals surface area contributed by atoms with Crippen molar-refractivity contribution in [1.82, 2.24) is 0 Å². The van der Waals surface area contributed by atoms with Crippen LogP contribution in [0, 0.1) is 17.8 Å². The van der Waals surface area contributed by atoms with Gasteiger partial charge in [0.05, 0.1) is 0 Å². The molecule has 1 aromatic rings. The van der Waals surface area contributed by atoms with Crippen LogP contribution in [0.2, 0.25) is 0 Å². The maximum Gasteiger partial charge on any atom is 0.0245 e. The molecule has 0 aliphatic carbocycles. The number of allylic oxidation sites excluding steroid dienone is 1. The van der Waals surface area contributed by atoms with Crippen molar-refractivity contribution in [2.45, 2.75) is 32.6 Å². The molecule has 0 nitrogen and oxygen atoms in total. The van der Waals surface area contributed by atoms with Crippen LogP contribution in [0.25, 0.3) is 0 Å². The van der Waals surface area contributed by atoms with Gasteiger partial charge in [0, 0.05) is 11.5 Å². The van der Waals surface area contributed by atoms with Crippen LogP contribution in [0.3, 0.4) is 0 Å². The highest BCUT2D eigenvalue weighted by Crippen LogP contribution is 2.13. The minimum atomic E-state index is 0.517. The van der Waals surface area contributed by atoms with E-state index in [-0.39, 0.29) is 0 Å². The van der Waals surface area contributed by atoms with E-state index in [1.165, 1.54) is 12.8 Å². The van der Waals surface area contributed by atoms with E-state index >= 15 is 0 Å². The van der Waals surface area contributed by atoms with E-state index in [0.29, 0.717) is 5.92 Å². The Labute approximate surface area is 99.4 Å². The lowest BCUT2D eigenvalue weighted by Crippen LogP contribution is -1.95. The average Bonchev–Trinajstić information content (AvgIpc) is 2.34. The van der Waals surface area contributed by atoms with Crippen LogP contribution in [-0.4, -0.2) is 0 Å². The van der Waals surface area contributed by atoms with Gasteiger partial charge < -0.3 is 0 Å². The molecule has 0 spiro atoms. The summed E-state index contributed by atoms with van der Waals surface area (Å²) in [7, 11) is 0. The Morgan fingerprint density at radius 1 is 1.25 bits per heavy atom. The molecule has 0 N–H and O–H groups in total. The summed E-state index contributed by atoms with van der Waals surface area (Å²) in [6.45, 7) is 5.98. The quantitative estimate of drug-likeness (QED) is 0.500. The molecule has 0 heteroatoms. The van der Waals surface area contributed by atoms with E-state index in [1.54, 1.807) is 0 Å². The third-order valence-electron chi connectivity index (χ3n) is 2.55. The Morgan fingerprint density at radius 3 is 2.62 bits per heavy atom. The lowest BCUT2D eigenvalue weighted by atomic mass is 9.98. The Bertz CT molecular complexity index is 351. The fourth-order valence-corrected chi connectivity index (χ4v) is 1.66. The maximum atomic E-state index is 3.76. The summed E-state index contributed by atoms with van der Waals surface area (Å²) in [4.78, 5) is 0. The van der Waals surface area contributed by atoms with Gasteiger partial charge >= 0.3 is 0 Å². The Hall–Kier alpha value is -1.48. The first-order valence-electron chi connectivity index (χ1n) is 6.04. The molecular weight excluding hydrogens is 192 g/mol. The molecule has 1 aromatic carbocycles. The van der Waals surface area contributed by atoms with E-state index in [4.69, 9.17) is 0 Å². The van der Waals surface area contributed by atoms with Crippen LogP contribution in [0.1, 0.15) is 38.2 Å². The van der Waals surface area contributed by atoms with Crippen molar-refractivity contribution in [3.63, 3.8) is 0 Å². The molecule has 0 aliphatic heterocycles. The van der Waals surface area contributed by atoms with E-state index in [1.807, 2.05) is 24.3 Å². The minimum absolute atomic E-state index is 0.517. The summed E-state index contributed by atoms with van der Waals surface area (Å²) < 4.78 is 0. The first-order valence-corrected chi connectivity index (χ1v) is 6.04. The van der Waals surface area contributed by atoms with Crippen molar-refractivity contribution in [2.75, 3.05) is 0 Å². The first kappa shape index (κ1) is 12.6. The zero-order valence-corrected chi connectivity index (χ0v) is 10.1. The van der Waals surface area contributed by atoms with Gasteiger partial charge in [-0.25, -0.2) is 0 Å². The molecule has 0 saturated carbocycles. The largest absolute Gasteiger partial charge is 0.103 e. The molecule has 1 atom stereocenters. The predicted molar refractivity (Wildman–Crippen MR) is 71.1 cm³/mol. The van der Waals surface area contributed by atoms with E-state index in [9.17, 15) is 0 Å². The third-order valence-corrected chi connectivity index (χ3v) is 2.55. The zero-order valence-electron chi connectivity index (χ0n) is 10.1. The van der Waals surface area contributed by atoms with Crippen LogP contribution in [0.15, 0.2) is 43.0 Å². The second kappa shape index (κ2) is 7.77. The van der Waals surface area contributed by atoms with Gasteiger partial charge in [-0.15, -0.1) is 6.58 Å². The van der Waals surface area contributed by atoms with Gasteiger partial charge in [-0.2, -0.15) is 0 Å². The second-order valence-corrected chi connectivity index (χ2v) is 3.99. The summed E-state index contributed by atoms with van der Waals surface area (Å²) in [5.74, 6) is 7.14. The van der Waals surface area contributed by atoms with Crippen LogP contribution >= 0.6 is 0 Å². The normalized spacial score (nSPS) is 11.3. The number of hydrogen-bond donors (Lipinski definition) is 0. The van der Waals surface area contributed by atoms with Gasteiger partial charge in [-0.3, -0.25) is 0 Å². The fourth-order valence-electron chi connectivity index (χ4n) is 1.66. The average molecular weight is 212 g/mol.